The van der Waals surface area contributed by atoms with Gasteiger partial charge in [-0.2, -0.15) is 0 Å². The summed E-state index contributed by atoms with van der Waals surface area (Å²) in [5.41, 5.74) is 0.402. The minimum atomic E-state index is -0.646. The van der Waals surface area contributed by atoms with Gasteiger partial charge in [-0.05, 0) is 19.1 Å². The maximum Gasteiger partial charge on any atom is 0.384 e. The second kappa shape index (κ2) is 6.28. The Morgan fingerprint density at radius 3 is 2.88 bits per heavy atom. The van der Waals surface area contributed by atoms with Crippen LogP contribution >= 0.6 is 0 Å². The van der Waals surface area contributed by atoms with Gasteiger partial charge in [0.25, 0.3) is 0 Å². The third kappa shape index (κ3) is 3.61. The van der Waals surface area contributed by atoms with Crippen molar-refractivity contribution >= 4 is 11.9 Å². The molecule has 0 unspecified atom stereocenters. The molecule has 0 aliphatic rings. The van der Waals surface area contributed by atoms with Crippen LogP contribution in [-0.2, 0) is 14.3 Å². The van der Waals surface area contributed by atoms with E-state index in [1.807, 2.05) is 0 Å². The molecular formula is C12H11NO4. The number of hydrogen-bond donors (Lipinski definition) is 0. The maximum atomic E-state index is 11.3. The van der Waals surface area contributed by atoms with Gasteiger partial charge in [-0.3, -0.25) is 0 Å². The van der Waals surface area contributed by atoms with Gasteiger partial charge >= 0.3 is 11.9 Å². The Hall–Kier alpha value is -2.35. The molecule has 0 saturated heterocycles. The fourth-order valence-corrected chi connectivity index (χ4v) is 1.05. The summed E-state index contributed by atoms with van der Waals surface area (Å²) in [7, 11) is 1.25. The third-order valence-corrected chi connectivity index (χ3v) is 1.76. The lowest BCUT2D eigenvalue weighted by atomic mass is 10.2. The summed E-state index contributed by atoms with van der Waals surface area (Å²) in [6, 6.07) is 3.19. The van der Waals surface area contributed by atoms with Gasteiger partial charge in [-0.15, -0.1) is 0 Å². The highest BCUT2D eigenvalue weighted by Crippen LogP contribution is 2.04. The van der Waals surface area contributed by atoms with E-state index in [9.17, 15) is 9.59 Å². The Balaban J connectivity index is 2.98. The molecule has 0 aliphatic carbocycles. The molecule has 0 spiro atoms. The molecule has 0 aliphatic heterocycles. The van der Waals surface area contributed by atoms with E-state index in [4.69, 9.17) is 0 Å². The molecule has 0 amide bonds. The summed E-state index contributed by atoms with van der Waals surface area (Å²) in [4.78, 5) is 26.2. The fourth-order valence-electron chi connectivity index (χ4n) is 1.05. The van der Waals surface area contributed by atoms with E-state index < -0.39 is 11.9 Å². The lowest BCUT2D eigenvalue weighted by Crippen LogP contribution is -2.07. The van der Waals surface area contributed by atoms with Gasteiger partial charge in [0.2, 0.25) is 0 Å². The van der Waals surface area contributed by atoms with E-state index >= 15 is 0 Å². The number of hydrogen-bond acceptors (Lipinski definition) is 5. The van der Waals surface area contributed by atoms with Crippen LogP contribution in [0.5, 0.6) is 0 Å². The monoisotopic (exact) mass is 233 g/mol. The van der Waals surface area contributed by atoms with Crippen LogP contribution in [-0.4, -0.2) is 30.6 Å². The summed E-state index contributed by atoms with van der Waals surface area (Å²) < 4.78 is 9.19. The van der Waals surface area contributed by atoms with Gasteiger partial charge in [0.1, 0.15) is 0 Å². The van der Waals surface area contributed by atoms with Crippen molar-refractivity contribution in [1.82, 2.24) is 4.98 Å². The fraction of sp³-hybridized carbons (Fsp3) is 0.250. The highest BCUT2D eigenvalue weighted by Gasteiger charge is 2.11. The smallest absolute Gasteiger partial charge is 0.384 e. The van der Waals surface area contributed by atoms with Crippen LogP contribution < -0.4 is 0 Å². The summed E-state index contributed by atoms with van der Waals surface area (Å²) in [5, 5.41) is 0. The summed E-state index contributed by atoms with van der Waals surface area (Å²) >= 11 is 0. The Morgan fingerprint density at radius 2 is 2.24 bits per heavy atom. The SMILES string of the molecule is CCOC(=O)C#Cc1cccnc1C(=O)OC. The Bertz CT molecular complexity index is 485. The van der Waals surface area contributed by atoms with Crippen molar-refractivity contribution in [3.63, 3.8) is 0 Å². The van der Waals surface area contributed by atoms with E-state index in [1.54, 1.807) is 19.1 Å². The molecular weight excluding hydrogens is 222 g/mol. The van der Waals surface area contributed by atoms with Crippen LogP contribution in [0.2, 0.25) is 0 Å². The first-order chi connectivity index (χ1) is 8.19. The Labute approximate surface area is 98.8 Å². The van der Waals surface area contributed by atoms with Crippen molar-refractivity contribution in [1.29, 1.82) is 0 Å². The van der Waals surface area contributed by atoms with E-state index in [2.05, 4.69) is 26.3 Å². The number of pyridine rings is 1. The molecule has 5 heteroatoms. The minimum absolute atomic E-state index is 0.0757. The number of carbonyl (C=O) groups excluding carboxylic acids is 2. The lowest BCUT2D eigenvalue weighted by Gasteiger charge is -1.99. The first-order valence-electron chi connectivity index (χ1n) is 4.91. The molecule has 1 aromatic rings. The number of carbonyl (C=O) groups is 2. The topological polar surface area (TPSA) is 65.5 Å². The molecule has 0 radical (unpaired) electrons. The quantitative estimate of drug-likeness (QED) is 0.558. The number of aromatic nitrogens is 1. The van der Waals surface area contributed by atoms with E-state index in [-0.39, 0.29) is 12.3 Å². The molecule has 0 N–H and O–H groups in total. The predicted octanol–water partition coefficient (Wildman–Crippen LogP) is 0.783. The summed E-state index contributed by atoms with van der Waals surface area (Å²) in [6.45, 7) is 1.94. The average Bonchev–Trinajstić information content (AvgIpc) is 2.36. The lowest BCUT2D eigenvalue weighted by molar-refractivity contribution is -0.136. The molecule has 17 heavy (non-hydrogen) atoms. The van der Waals surface area contributed by atoms with Gasteiger partial charge in [-0.1, -0.05) is 5.92 Å². The molecule has 1 aromatic heterocycles. The number of rotatable bonds is 2. The van der Waals surface area contributed by atoms with Crippen LogP contribution in [0.4, 0.5) is 0 Å². The van der Waals surface area contributed by atoms with Crippen molar-refractivity contribution < 1.29 is 19.1 Å². The number of nitrogens with zero attached hydrogens (tertiary/aromatic N) is 1. The van der Waals surface area contributed by atoms with E-state index in [0.29, 0.717) is 5.56 Å². The normalized spacial score (nSPS) is 8.82. The summed E-state index contributed by atoms with van der Waals surface area (Å²) in [6.07, 6.45) is 1.45. The second-order valence-corrected chi connectivity index (χ2v) is 2.86. The van der Waals surface area contributed by atoms with Gasteiger partial charge in [0.05, 0.1) is 19.3 Å². The standard InChI is InChI=1S/C12H11NO4/c1-3-17-10(14)7-6-9-5-4-8-13-11(9)12(15)16-2/h4-5,8H,3H2,1-2H3. The Morgan fingerprint density at radius 1 is 1.47 bits per heavy atom. The second-order valence-electron chi connectivity index (χ2n) is 2.86. The van der Waals surface area contributed by atoms with Crippen molar-refractivity contribution in [3.05, 3.63) is 29.6 Å². The van der Waals surface area contributed by atoms with Crippen molar-refractivity contribution in [3.8, 4) is 11.8 Å². The largest absolute Gasteiger partial charge is 0.464 e. The van der Waals surface area contributed by atoms with Crippen LogP contribution in [0.1, 0.15) is 23.0 Å². The first kappa shape index (κ1) is 12.7. The number of esters is 2. The van der Waals surface area contributed by atoms with Crippen LogP contribution in [0.3, 0.4) is 0 Å². The molecule has 0 bridgehead atoms. The highest BCUT2D eigenvalue weighted by atomic mass is 16.5. The van der Waals surface area contributed by atoms with Crippen LogP contribution in [0, 0.1) is 11.8 Å². The van der Waals surface area contributed by atoms with E-state index in [1.165, 1.54) is 13.3 Å². The molecule has 88 valence electrons. The predicted molar refractivity (Wildman–Crippen MR) is 59.1 cm³/mol. The molecule has 0 aromatic carbocycles. The van der Waals surface area contributed by atoms with Crippen LogP contribution in [0.25, 0.3) is 0 Å². The zero-order chi connectivity index (χ0) is 12.7. The highest BCUT2D eigenvalue weighted by molar-refractivity contribution is 5.92. The molecule has 1 heterocycles. The van der Waals surface area contributed by atoms with Crippen molar-refractivity contribution in [2.45, 2.75) is 6.92 Å². The van der Waals surface area contributed by atoms with Crippen LogP contribution in [0.15, 0.2) is 18.3 Å². The molecule has 5 nitrogen and oxygen atoms in total. The zero-order valence-electron chi connectivity index (χ0n) is 9.52. The average molecular weight is 233 g/mol. The first-order valence-corrected chi connectivity index (χ1v) is 4.91. The Kier molecular flexibility index (Phi) is 4.70. The molecule has 0 atom stereocenters. The zero-order valence-corrected chi connectivity index (χ0v) is 9.52. The van der Waals surface area contributed by atoms with Gasteiger partial charge < -0.3 is 9.47 Å². The molecule has 0 saturated carbocycles. The van der Waals surface area contributed by atoms with Gasteiger partial charge in [0, 0.05) is 12.1 Å². The maximum absolute atomic E-state index is 11.3. The van der Waals surface area contributed by atoms with Gasteiger partial charge in [-0.25, -0.2) is 14.6 Å². The van der Waals surface area contributed by atoms with Crippen molar-refractivity contribution in [2.24, 2.45) is 0 Å². The number of methoxy groups -OCH3 is 1. The summed E-state index contributed by atoms with van der Waals surface area (Å²) in [5.74, 6) is 3.54. The molecule has 0 fully saturated rings. The van der Waals surface area contributed by atoms with Gasteiger partial charge in [0.15, 0.2) is 5.69 Å². The number of ether oxygens (including phenoxy) is 2. The molecule has 1 rings (SSSR count). The van der Waals surface area contributed by atoms with Crippen molar-refractivity contribution in [2.75, 3.05) is 13.7 Å². The van der Waals surface area contributed by atoms with E-state index in [0.717, 1.165) is 0 Å². The third-order valence-electron chi connectivity index (χ3n) is 1.76. The minimum Gasteiger partial charge on any atom is -0.464 e.